The number of nitrogens with two attached hydrogens (primary N) is 1. The van der Waals surface area contributed by atoms with Crippen LogP contribution in [0.4, 0.5) is 0 Å². The summed E-state index contributed by atoms with van der Waals surface area (Å²) >= 11 is 0. The van der Waals surface area contributed by atoms with Gasteiger partial charge in [-0.2, -0.15) is 0 Å². The Morgan fingerprint density at radius 2 is 1.89 bits per heavy atom. The molecule has 0 saturated carbocycles. The largest absolute Gasteiger partial charge is 0.381 e. The molecule has 0 aromatic rings. The number of nitrogens with one attached hydrogen (secondary N) is 1. The van der Waals surface area contributed by atoms with Crippen LogP contribution in [0.1, 0.15) is 52.9 Å². The number of carbonyl (C=O) groups excluding carboxylic acids is 1. The smallest absolute Gasteiger partial charge is 0.237 e. The molecule has 1 amide bonds. The third-order valence-corrected chi connectivity index (χ3v) is 3.38. The molecule has 0 heterocycles. The molecule has 0 aromatic carbocycles. The van der Waals surface area contributed by atoms with Gasteiger partial charge in [-0.3, -0.25) is 4.79 Å². The van der Waals surface area contributed by atoms with E-state index < -0.39 is 5.54 Å². The number of ether oxygens (including phenoxy) is 1. The fourth-order valence-corrected chi connectivity index (χ4v) is 1.75. The zero-order chi connectivity index (χ0) is 14.0. The first-order chi connectivity index (χ1) is 8.42. The number of unbranched alkanes of at least 4 members (excludes halogenated alkanes) is 1. The summed E-state index contributed by atoms with van der Waals surface area (Å²) in [6.45, 7) is 7.91. The predicted molar refractivity (Wildman–Crippen MR) is 75.4 cm³/mol. The maximum absolute atomic E-state index is 11.2. The maximum Gasteiger partial charge on any atom is 0.237 e. The van der Waals surface area contributed by atoms with Gasteiger partial charge < -0.3 is 15.8 Å². The van der Waals surface area contributed by atoms with E-state index in [1.807, 2.05) is 6.92 Å². The lowest BCUT2D eigenvalue weighted by molar-refractivity contribution is -0.123. The van der Waals surface area contributed by atoms with Crippen LogP contribution in [-0.2, 0) is 9.53 Å². The van der Waals surface area contributed by atoms with Crippen molar-refractivity contribution in [2.75, 3.05) is 20.3 Å². The molecule has 3 N–H and O–H groups in total. The second kappa shape index (κ2) is 9.34. The molecule has 0 saturated heterocycles. The van der Waals surface area contributed by atoms with E-state index in [2.05, 4.69) is 19.2 Å². The number of rotatable bonds is 11. The first-order valence-corrected chi connectivity index (χ1v) is 6.99. The van der Waals surface area contributed by atoms with E-state index in [9.17, 15) is 4.79 Å². The lowest BCUT2D eigenvalue weighted by Gasteiger charge is -2.25. The minimum Gasteiger partial charge on any atom is -0.381 e. The Kier molecular flexibility index (Phi) is 9.02. The molecular weight excluding hydrogens is 228 g/mol. The Morgan fingerprint density at radius 3 is 2.39 bits per heavy atom. The van der Waals surface area contributed by atoms with Crippen molar-refractivity contribution in [2.24, 2.45) is 11.7 Å². The molecule has 108 valence electrons. The average Bonchev–Trinajstić information content (AvgIpc) is 2.31. The number of carbonyl (C=O) groups is 1. The van der Waals surface area contributed by atoms with Crippen molar-refractivity contribution in [3.05, 3.63) is 0 Å². The summed E-state index contributed by atoms with van der Waals surface area (Å²) in [5, 5.41) is 2.99. The van der Waals surface area contributed by atoms with Gasteiger partial charge in [0.05, 0.1) is 5.54 Å². The normalized spacial score (nSPS) is 14.7. The van der Waals surface area contributed by atoms with Crippen LogP contribution >= 0.6 is 0 Å². The molecule has 0 aliphatic carbocycles. The molecule has 18 heavy (non-hydrogen) atoms. The van der Waals surface area contributed by atoms with Crippen LogP contribution in [0.15, 0.2) is 0 Å². The lowest BCUT2D eigenvalue weighted by atomic mass is 9.94. The molecule has 1 unspecified atom stereocenters. The van der Waals surface area contributed by atoms with E-state index in [0.29, 0.717) is 0 Å². The Hall–Kier alpha value is -0.610. The topological polar surface area (TPSA) is 64.3 Å². The van der Waals surface area contributed by atoms with Crippen LogP contribution in [-0.4, -0.2) is 31.7 Å². The zero-order valence-electron chi connectivity index (χ0n) is 12.4. The number of amides is 1. The Labute approximate surface area is 112 Å². The van der Waals surface area contributed by atoms with Crippen molar-refractivity contribution >= 4 is 5.91 Å². The van der Waals surface area contributed by atoms with Gasteiger partial charge in [0, 0.05) is 13.2 Å². The number of hydrogen-bond donors (Lipinski definition) is 2. The van der Waals surface area contributed by atoms with Gasteiger partial charge in [0.1, 0.15) is 0 Å². The van der Waals surface area contributed by atoms with Gasteiger partial charge in [-0.05, 0) is 52.0 Å². The van der Waals surface area contributed by atoms with Gasteiger partial charge in [-0.25, -0.2) is 0 Å². The third-order valence-electron chi connectivity index (χ3n) is 3.38. The summed E-state index contributed by atoms with van der Waals surface area (Å²) in [6, 6.07) is 0. The molecule has 0 aliphatic rings. The molecule has 0 fully saturated rings. The van der Waals surface area contributed by atoms with Gasteiger partial charge in [0.25, 0.3) is 0 Å². The first-order valence-electron chi connectivity index (χ1n) is 6.99. The summed E-state index contributed by atoms with van der Waals surface area (Å²) in [4.78, 5) is 11.2. The number of hydrogen-bond acceptors (Lipinski definition) is 3. The van der Waals surface area contributed by atoms with E-state index in [0.717, 1.165) is 44.8 Å². The van der Waals surface area contributed by atoms with Crippen molar-refractivity contribution in [1.82, 2.24) is 5.32 Å². The fourth-order valence-electron chi connectivity index (χ4n) is 1.75. The van der Waals surface area contributed by atoms with Crippen LogP contribution < -0.4 is 11.1 Å². The molecule has 4 nitrogen and oxygen atoms in total. The van der Waals surface area contributed by atoms with Crippen LogP contribution in [0.3, 0.4) is 0 Å². The van der Waals surface area contributed by atoms with Crippen molar-refractivity contribution in [1.29, 1.82) is 0 Å². The zero-order valence-corrected chi connectivity index (χ0v) is 12.4. The van der Waals surface area contributed by atoms with Crippen LogP contribution in [0, 0.1) is 5.92 Å². The SMILES string of the molecule is CNC(C)(CCCCOCCCC(C)C)C(N)=O. The van der Waals surface area contributed by atoms with Crippen molar-refractivity contribution in [2.45, 2.75) is 58.4 Å². The van der Waals surface area contributed by atoms with E-state index in [-0.39, 0.29) is 5.91 Å². The highest BCUT2D eigenvalue weighted by Crippen LogP contribution is 2.13. The van der Waals surface area contributed by atoms with Crippen LogP contribution in [0.2, 0.25) is 0 Å². The summed E-state index contributed by atoms with van der Waals surface area (Å²) in [6.07, 6.45) is 5.04. The summed E-state index contributed by atoms with van der Waals surface area (Å²) in [5.41, 5.74) is 4.77. The molecule has 0 radical (unpaired) electrons. The van der Waals surface area contributed by atoms with Crippen molar-refractivity contribution in [3.8, 4) is 0 Å². The van der Waals surface area contributed by atoms with Gasteiger partial charge >= 0.3 is 0 Å². The molecular formula is C14H30N2O2. The minimum absolute atomic E-state index is 0.289. The average molecular weight is 258 g/mol. The van der Waals surface area contributed by atoms with Gasteiger partial charge in [-0.15, -0.1) is 0 Å². The molecule has 0 rings (SSSR count). The standard InChI is InChI=1S/C14H30N2O2/c1-12(2)8-7-11-18-10-6-5-9-14(3,16-4)13(15)17/h12,16H,5-11H2,1-4H3,(H2,15,17). The Morgan fingerprint density at radius 1 is 1.28 bits per heavy atom. The van der Waals surface area contributed by atoms with E-state index in [1.54, 1.807) is 7.05 Å². The lowest BCUT2D eigenvalue weighted by Crippen LogP contribution is -2.51. The molecule has 0 aliphatic heterocycles. The highest BCUT2D eigenvalue weighted by molar-refractivity contribution is 5.84. The van der Waals surface area contributed by atoms with Gasteiger partial charge in [-0.1, -0.05) is 13.8 Å². The summed E-state index contributed by atoms with van der Waals surface area (Å²) in [5.74, 6) is 0.461. The third kappa shape index (κ3) is 7.67. The highest BCUT2D eigenvalue weighted by atomic mass is 16.5. The van der Waals surface area contributed by atoms with E-state index in [4.69, 9.17) is 10.5 Å². The minimum atomic E-state index is -0.586. The second-order valence-corrected chi connectivity index (χ2v) is 5.55. The quantitative estimate of drug-likeness (QED) is 0.558. The molecule has 0 spiro atoms. The van der Waals surface area contributed by atoms with E-state index in [1.165, 1.54) is 6.42 Å². The van der Waals surface area contributed by atoms with E-state index >= 15 is 0 Å². The second-order valence-electron chi connectivity index (χ2n) is 5.55. The number of primary amides is 1. The van der Waals surface area contributed by atoms with Crippen molar-refractivity contribution < 1.29 is 9.53 Å². The Bertz CT molecular complexity index is 232. The number of likely N-dealkylation sites (N-methyl/N-ethyl adjacent to an activating group) is 1. The fraction of sp³-hybridized carbons (Fsp3) is 0.929. The molecule has 4 heteroatoms. The van der Waals surface area contributed by atoms with Crippen LogP contribution in [0.25, 0.3) is 0 Å². The van der Waals surface area contributed by atoms with Gasteiger partial charge in [0.15, 0.2) is 0 Å². The summed E-state index contributed by atoms with van der Waals surface area (Å²) < 4.78 is 5.56. The van der Waals surface area contributed by atoms with Crippen LogP contribution in [0.5, 0.6) is 0 Å². The first kappa shape index (κ1) is 17.4. The maximum atomic E-state index is 11.2. The van der Waals surface area contributed by atoms with Crippen molar-refractivity contribution in [3.63, 3.8) is 0 Å². The molecule has 0 aromatic heterocycles. The Balaban J connectivity index is 3.48. The van der Waals surface area contributed by atoms with Gasteiger partial charge in [0.2, 0.25) is 5.91 Å². The summed E-state index contributed by atoms with van der Waals surface area (Å²) in [7, 11) is 1.77. The molecule has 0 bridgehead atoms. The predicted octanol–water partition coefficient (Wildman–Crippen LogP) is 2.07. The monoisotopic (exact) mass is 258 g/mol. The molecule has 1 atom stereocenters. The highest BCUT2D eigenvalue weighted by Gasteiger charge is 2.27.